The fourth-order valence-electron chi connectivity index (χ4n) is 3.20. The van der Waals surface area contributed by atoms with Crippen LogP contribution in [-0.2, 0) is 9.47 Å². The van der Waals surface area contributed by atoms with E-state index in [0.29, 0.717) is 41.4 Å². The van der Waals surface area contributed by atoms with Gasteiger partial charge in [0.05, 0.1) is 60.3 Å². The fraction of sp³-hybridized carbons (Fsp3) is 0.429. The predicted octanol–water partition coefficient (Wildman–Crippen LogP) is -0.121. The quantitative estimate of drug-likeness (QED) is 0.249. The molecule has 1 atom stereocenters. The Morgan fingerprint density at radius 1 is 1.22 bits per heavy atom. The SMILES string of the molecule is [B]C([B])(O)Nc1nc(SCC2COC2)c(C#N)c(-c2ccc(OCC(C)OC([B])([B])[B])cn2)c1C#N. The molecule has 0 spiro atoms. The summed E-state index contributed by atoms with van der Waals surface area (Å²) in [4.78, 5) is 8.73. The van der Waals surface area contributed by atoms with E-state index in [1.54, 1.807) is 19.1 Å². The standard InChI is InChI=1S/C21H18B5N5O4S/c1-11(35-20(22,23)24)7-34-13-2-3-16(29-6-13)17-14(4-27)18(31-21(25,26)32)30-19(15(17)5-28)36-10-12-8-33-9-12/h2-3,6,11-12,32H,7-10H2,1H3,(H,30,31). The minimum Gasteiger partial charge on any atom is -0.489 e. The summed E-state index contributed by atoms with van der Waals surface area (Å²) in [5.74, 6) is 1.24. The number of thioether (sulfide) groups is 1. The van der Waals surface area contributed by atoms with Crippen molar-refractivity contribution in [3.63, 3.8) is 0 Å². The second-order valence-electron chi connectivity index (χ2n) is 8.25. The van der Waals surface area contributed by atoms with E-state index in [0.717, 1.165) is 0 Å². The molecule has 2 N–H and O–H groups in total. The van der Waals surface area contributed by atoms with E-state index in [-0.39, 0.29) is 29.1 Å². The van der Waals surface area contributed by atoms with Crippen molar-refractivity contribution in [1.82, 2.24) is 9.97 Å². The van der Waals surface area contributed by atoms with Gasteiger partial charge in [-0.2, -0.15) is 10.5 Å². The lowest BCUT2D eigenvalue weighted by molar-refractivity contribution is -0.0196. The van der Waals surface area contributed by atoms with Crippen LogP contribution >= 0.6 is 11.8 Å². The van der Waals surface area contributed by atoms with Crippen LogP contribution in [0.5, 0.6) is 5.75 Å². The molecular formula is C21H18B5N5O4S. The first-order valence-corrected chi connectivity index (χ1v) is 11.7. The molecule has 3 heterocycles. The van der Waals surface area contributed by atoms with Gasteiger partial charge in [-0.3, -0.25) is 4.98 Å². The number of anilines is 1. The summed E-state index contributed by atoms with van der Waals surface area (Å²) in [6.45, 7) is 2.99. The first-order chi connectivity index (χ1) is 16.9. The van der Waals surface area contributed by atoms with Crippen LogP contribution in [0.4, 0.5) is 5.82 Å². The van der Waals surface area contributed by atoms with Crippen LogP contribution in [0, 0.1) is 28.6 Å². The molecule has 10 radical (unpaired) electrons. The Bertz CT molecular complexity index is 1160. The lowest BCUT2D eigenvalue weighted by Crippen LogP contribution is -2.39. The van der Waals surface area contributed by atoms with Gasteiger partial charge in [-0.05, 0) is 24.4 Å². The molecule has 0 bridgehead atoms. The van der Waals surface area contributed by atoms with E-state index >= 15 is 0 Å². The summed E-state index contributed by atoms with van der Waals surface area (Å²) in [6, 6.07) is 7.30. The van der Waals surface area contributed by atoms with Crippen molar-refractivity contribution in [3.05, 3.63) is 29.5 Å². The number of nitriles is 2. The van der Waals surface area contributed by atoms with Gasteiger partial charge in [0.25, 0.3) is 0 Å². The van der Waals surface area contributed by atoms with Crippen molar-refractivity contribution in [2.75, 3.05) is 30.9 Å². The van der Waals surface area contributed by atoms with E-state index in [4.69, 9.17) is 53.4 Å². The number of hydrogen-bond donors (Lipinski definition) is 2. The molecule has 1 fully saturated rings. The molecule has 9 nitrogen and oxygen atoms in total. The van der Waals surface area contributed by atoms with E-state index in [9.17, 15) is 15.6 Å². The van der Waals surface area contributed by atoms with Crippen molar-refractivity contribution in [1.29, 1.82) is 10.5 Å². The maximum atomic E-state index is 9.98. The molecule has 0 saturated carbocycles. The van der Waals surface area contributed by atoms with Crippen molar-refractivity contribution in [2.45, 2.75) is 28.9 Å². The smallest absolute Gasteiger partial charge is 0.147 e. The van der Waals surface area contributed by atoms with Gasteiger partial charge in [-0.25, -0.2) is 4.98 Å². The maximum absolute atomic E-state index is 9.98. The number of ether oxygens (including phenoxy) is 3. The fourth-order valence-corrected chi connectivity index (χ4v) is 4.24. The monoisotopic (exact) mass is 491 g/mol. The molecule has 1 aliphatic rings. The molecule has 172 valence electrons. The van der Waals surface area contributed by atoms with Crippen molar-refractivity contribution in [3.8, 4) is 29.1 Å². The van der Waals surface area contributed by atoms with E-state index in [1.165, 1.54) is 18.0 Å². The van der Waals surface area contributed by atoms with Crippen molar-refractivity contribution >= 4 is 56.8 Å². The summed E-state index contributed by atoms with van der Waals surface area (Å²) in [5, 5.41) is 30.7. The average Bonchev–Trinajstić information content (AvgIpc) is 2.74. The second-order valence-corrected chi connectivity index (χ2v) is 9.26. The van der Waals surface area contributed by atoms with Crippen LogP contribution in [0.15, 0.2) is 23.4 Å². The Labute approximate surface area is 220 Å². The Morgan fingerprint density at radius 3 is 2.42 bits per heavy atom. The normalized spacial score (nSPS) is 14.8. The molecule has 0 aliphatic carbocycles. The number of pyridine rings is 2. The van der Waals surface area contributed by atoms with E-state index in [2.05, 4.69) is 21.4 Å². The number of rotatable bonds is 11. The molecule has 15 heteroatoms. The van der Waals surface area contributed by atoms with Gasteiger partial charge in [-0.1, -0.05) is 0 Å². The summed E-state index contributed by atoms with van der Waals surface area (Å²) in [7, 11) is 27.2. The molecule has 0 amide bonds. The summed E-state index contributed by atoms with van der Waals surface area (Å²) >= 11 is 1.32. The maximum Gasteiger partial charge on any atom is 0.147 e. The number of nitrogens with one attached hydrogen (secondary N) is 1. The molecule has 3 rings (SSSR count). The van der Waals surface area contributed by atoms with Gasteiger partial charge in [0.15, 0.2) is 0 Å². The molecule has 0 aromatic carbocycles. The van der Waals surface area contributed by atoms with Crippen LogP contribution in [0.1, 0.15) is 18.1 Å². The van der Waals surface area contributed by atoms with Gasteiger partial charge in [-0.15, -0.1) is 11.8 Å². The van der Waals surface area contributed by atoms with E-state index < -0.39 is 16.9 Å². The van der Waals surface area contributed by atoms with Gasteiger partial charge in [0, 0.05) is 22.8 Å². The lowest BCUT2D eigenvalue weighted by atomic mass is 9.52. The third-order valence-corrected chi connectivity index (χ3v) is 5.96. The van der Waals surface area contributed by atoms with Crippen molar-refractivity contribution < 1.29 is 19.3 Å². The van der Waals surface area contributed by atoms with Gasteiger partial charge in [0.1, 0.15) is 56.6 Å². The Kier molecular flexibility index (Phi) is 9.07. The zero-order valence-corrected chi connectivity index (χ0v) is 20.3. The number of nitrogens with zero attached hydrogens (tertiary/aromatic N) is 4. The number of hydrogen-bond acceptors (Lipinski definition) is 10. The van der Waals surface area contributed by atoms with Crippen LogP contribution in [0.3, 0.4) is 0 Å². The third kappa shape index (κ3) is 7.71. The first-order valence-electron chi connectivity index (χ1n) is 10.7. The Morgan fingerprint density at radius 2 is 1.92 bits per heavy atom. The highest BCUT2D eigenvalue weighted by Gasteiger charge is 2.27. The third-order valence-electron chi connectivity index (χ3n) is 4.75. The highest BCUT2D eigenvalue weighted by Crippen LogP contribution is 2.37. The number of aliphatic hydroxyl groups is 1. The van der Waals surface area contributed by atoms with Crippen LogP contribution in [-0.4, -0.2) is 96.8 Å². The largest absolute Gasteiger partial charge is 0.489 e. The molecule has 1 unspecified atom stereocenters. The van der Waals surface area contributed by atoms with Gasteiger partial charge in [0.2, 0.25) is 0 Å². The van der Waals surface area contributed by atoms with Crippen LogP contribution < -0.4 is 10.1 Å². The van der Waals surface area contributed by atoms with Gasteiger partial charge < -0.3 is 24.6 Å². The zero-order chi connectivity index (χ0) is 26.5. The number of aromatic nitrogens is 2. The van der Waals surface area contributed by atoms with Crippen LogP contribution in [0.2, 0.25) is 0 Å². The van der Waals surface area contributed by atoms with E-state index in [1.807, 2.05) is 6.07 Å². The first kappa shape index (κ1) is 28.0. The van der Waals surface area contributed by atoms with Gasteiger partial charge >= 0.3 is 0 Å². The predicted molar refractivity (Wildman–Crippen MR) is 138 cm³/mol. The lowest BCUT2D eigenvalue weighted by Gasteiger charge is -2.27. The molecule has 1 aliphatic heterocycles. The minimum atomic E-state index is -2.36. The summed E-state index contributed by atoms with van der Waals surface area (Å²) < 4.78 is 16.0. The highest BCUT2D eigenvalue weighted by molar-refractivity contribution is 7.99. The Balaban J connectivity index is 1.95. The summed E-state index contributed by atoms with van der Waals surface area (Å²) in [6.07, 6.45) is 0.903. The molecule has 2 aromatic heterocycles. The second kappa shape index (κ2) is 11.7. The molecule has 2 aromatic rings. The topological polar surface area (TPSA) is 133 Å². The van der Waals surface area contributed by atoms with Crippen LogP contribution in [0.25, 0.3) is 11.3 Å². The molecule has 1 saturated heterocycles. The van der Waals surface area contributed by atoms with Crippen molar-refractivity contribution in [2.24, 2.45) is 5.92 Å². The molecular weight excluding hydrogens is 472 g/mol. The minimum absolute atomic E-state index is 0.0643. The molecule has 36 heavy (non-hydrogen) atoms. The zero-order valence-electron chi connectivity index (χ0n) is 19.5. The summed E-state index contributed by atoms with van der Waals surface area (Å²) in [5.41, 5.74) is -1.77. The Hall–Kier alpha value is -2.57. The average molecular weight is 491 g/mol. The highest BCUT2D eigenvalue weighted by atomic mass is 32.2.